The first-order chi connectivity index (χ1) is 7.36. The van der Waals surface area contributed by atoms with Crippen LogP contribution >= 0.6 is 15.9 Å². The van der Waals surface area contributed by atoms with Gasteiger partial charge in [0.1, 0.15) is 0 Å². The van der Waals surface area contributed by atoms with Gasteiger partial charge in [-0.25, -0.2) is 0 Å². The first kappa shape index (κ1) is 10.9. The van der Waals surface area contributed by atoms with Crippen molar-refractivity contribution < 1.29 is 0 Å². The predicted molar refractivity (Wildman–Crippen MR) is 66.1 cm³/mol. The molecular formula is C11H16BrN3. The van der Waals surface area contributed by atoms with Gasteiger partial charge in [0, 0.05) is 25.0 Å². The Hall–Kier alpha value is -0.610. The normalized spacial score (nSPS) is 22.1. The number of hydrogen-bond acceptors (Lipinski definition) is 3. The number of nitrogens with one attached hydrogen (secondary N) is 2. The third-order valence-corrected chi connectivity index (χ3v) is 3.31. The van der Waals surface area contributed by atoms with Crippen molar-refractivity contribution in [3.63, 3.8) is 0 Å². The van der Waals surface area contributed by atoms with Gasteiger partial charge < -0.3 is 10.6 Å². The Labute approximate surface area is 98.8 Å². The SMILES string of the molecule is Brc1cnccc1NC1CCCCNC1. The van der Waals surface area contributed by atoms with Crippen molar-refractivity contribution in [2.45, 2.75) is 25.3 Å². The highest BCUT2D eigenvalue weighted by Gasteiger charge is 2.12. The van der Waals surface area contributed by atoms with Gasteiger partial charge in [-0.2, -0.15) is 0 Å². The molecular weight excluding hydrogens is 254 g/mol. The van der Waals surface area contributed by atoms with Gasteiger partial charge in [0.15, 0.2) is 0 Å². The van der Waals surface area contributed by atoms with Crippen LogP contribution in [0.15, 0.2) is 22.9 Å². The molecule has 2 rings (SSSR count). The number of halogens is 1. The van der Waals surface area contributed by atoms with Crippen LogP contribution in [-0.2, 0) is 0 Å². The Morgan fingerprint density at radius 3 is 3.27 bits per heavy atom. The molecule has 0 bridgehead atoms. The van der Waals surface area contributed by atoms with Crippen molar-refractivity contribution in [2.75, 3.05) is 18.4 Å². The van der Waals surface area contributed by atoms with Crippen LogP contribution in [0.5, 0.6) is 0 Å². The maximum absolute atomic E-state index is 4.05. The molecule has 0 radical (unpaired) electrons. The molecule has 1 fully saturated rings. The van der Waals surface area contributed by atoms with Crippen LogP contribution in [0.4, 0.5) is 5.69 Å². The van der Waals surface area contributed by atoms with Crippen molar-refractivity contribution in [2.24, 2.45) is 0 Å². The minimum absolute atomic E-state index is 0.534. The molecule has 0 saturated carbocycles. The second-order valence-corrected chi connectivity index (χ2v) is 4.75. The molecule has 1 aromatic heterocycles. The molecule has 1 aliphatic rings. The van der Waals surface area contributed by atoms with E-state index in [9.17, 15) is 0 Å². The fourth-order valence-corrected chi connectivity index (χ4v) is 2.22. The fourth-order valence-electron chi connectivity index (χ4n) is 1.85. The lowest BCUT2D eigenvalue weighted by atomic mass is 10.1. The smallest absolute Gasteiger partial charge is 0.0590 e. The summed E-state index contributed by atoms with van der Waals surface area (Å²) in [5, 5.41) is 6.98. The van der Waals surface area contributed by atoms with Crippen molar-refractivity contribution in [1.82, 2.24) is 10.3 Å². The maximum Gasteiger partial charge on any atom is 0.0590 e. The lowest BCUT2D eigenvalue weighted by Crippen LogP contribution is -2.31. The average molecular weight is 270 g/mol. The topological polar surface area (TPSA) is 37.0 Å². The Kier molecular flexibility index (Phi) is 3.97. The number of anilines is 1. The zero-order chi connectivity index (χ0) is 10.5. The Bertz CT molecular complexity index is 308. The Morgan fingerprint density at radius 1 is 1.47 bits per heavy atom. The lowest BCUT2D eigenvalue weighted by molar-refractivity contribution is 0.635. The highest BCUT2D eigenvalue weighted by atomic mass is 79.9. The van der Waals surface area contributed by atoms with E-state index in [2.05, 4.69) is 31.5 Å². The summed E-state index contributed by atoms with van der Waals surface area (Å²) in [5.74, 6) is 0. The Morgan fingerprint density at radius 2 is 2.40 bits per heavy atom. The average Bonchev–Trinajstić information content (AvgIpc) is 2.50. The largest absolute Gasteiger partial charge is 0.380 e. The Balaban J connectivity index is 1.98. The van der Waals surface area contributed by atoms with E-state index in [1.54, 1.807) is 0 Å². The minimum Gasteiger partial charge on any atom is -0.380 e. The monoisotopic (exact) mass is 269 g/mol. The number of pyridine rings is 1. The molecule has 3 nitrogen and oxygen atoms in total. The quantitative estimate of drug-likeness (QED) is 0.866. The summed E-state index contributed by atoms with van der Waals surface area (Å²) in [6, 6.07) is 2.54. The van der Waals surface area contributed by atoms with Crippen molar-refractivity contribution in [1.29, 1.82) is 0 Å². The molecule has 1 saturated heterocycles. The number of nitrogens with zero attached hydrogens (tertiary/aromatic N) is 1. The minimum atomic E-state index is 0.534. The van der Waals surface area contributed by atoms with E-state index in [0.717, 1.165) is 23.2 Å². The third kappa shape index (κ3) is 3.18. The van der Waals surface area contributed by atoms with Gasteiger partial charge in [0.05, 0.1) is 10.2 Å². The second kappa shape index (κ2) is 5.47. The van der Waals surface area contributed by atoms with Crippen molar-refractivity contribution >= 4 is 21.6 Å². The number of hydrogen-bond donors (Lipinski definition) is 2. The van der Waals surface area contributed by atoms with E-state index in [-0.39, 0.29) is 0 Å². The lowest BCUT2D eigenvalue weighted by Gasteiger charge is -2.18. The molecule has 1 aliphatic heterocycles. The van der Waals surface area contributed by atoms with E-state index in [0.29, 0.717) is 6.04 Å². The first-order valence-electron chi connectivity index (χ1n) is 5.43. The van der Waals surface area contributed by atoms with Gasteiger partial charge in [-0.3, -0.25) is 4.98 Å². The van der Waals surface area contributed by atoms with E-state index < -0.39 is 0 Å². The summed E-state index contributed by atoms with van der Waals surface area (Å²) in [4.78, 5) is 4.05. The number of rotatable bonds is 2. The molecule has 1 atom stereocenters. The van der Waals surface area contributed by atoms with Gasteiger partial charge in [0.25, 0.3) is 0 Å². The van der Waals surface area contributed by atoms with E-state index in [1.807, 2.05) is 18.5 Å². The summed E-state index contributed by atoms with van der Waals surface area (Å²) < 4.78 is 1.04. The molecule has 0 aromatic carbocycles. The molecule has 4 heteroatoms. The highest BCUT2D eigenvalue weighted by molar-refractivity contribution is 9.10. The van der Waals surface area contributed by atoms with Crippen LogP contribution in [0.1, 0.15) is 19.3 Å². The zero-order valence-electron chi connectivity index (χ0n) is 8.67. The standard InChI is InChI=1S/C11H16BrN3/c12-10-8-14-6-4-11(10)15-9-3-1-2-5-13-7-9/h4,6,8-9,13H,1-3,5,7H2,(H,14,15). The molecule has 0 aliphatic carbocycles. The molecule has 82 valence electrons. The number of aromatic nitrogens is 1. The molecule has 0 amide bonds. The zero-order valence-corrected chi connectivity index (χ0v) is 10.3. The summed E-state index contributed by atoms with van der Waals surface area (Å²) >= 11 is 3.50. The molecule has 2 N–H and O–H groups in total. The van der Waals surface area contributed by atoms with Crippen LogP contribution in [-0.4, -0.2) is 24.1 Å². The third-order valence-electron chi connectivity index (χ3n) is 2.68. The van der Waals surface area contributed by atoms with Crippen LogP contribution < -0.4 is 10.6 Å². The van der Waals surface area contributed by atoms with Gasteiger partial charge >= 0.3 is 0 Å². The molecule has 2 heterocycles. The molecule has 1 aromatic rings. The van der Waals surface area contributed by atoms with E-state index >= 15 is 0 Å². The van der Waals surface area contributed by atoms with Gasteiger partial charge in [-0.1, -0.05) is 6.42 Å². The van der Waals surface area contributed by atoms with Crippen LogP contribution in [0.3, 0.4) is 0 Å². The van der Waals surface area contributed by atoms with E-state index in [1.165, 1.54) is 19.3 Å². The van der Waals surface area contributed by atoms with Gasteiger partial charge in [0.2, 0.25) is 0 Å². The molecule has 1 unspecified atom stereocenters. The second-order valence-electron chi connectivity index (χ2n) is 3.90. The van der Waals surface area contributed by atoms with Gasteiger partial charge in [-0.05, 0) is 41.4 Å². The van der Waals surface area contributed by atoms with Crippen LogP contribution in [0, 0.1) is 0 Å². The highest BCUT2D eigenvalue weighted by Crippen LogP contribution is 2.22. The van der Waals surface area contributed by atoms with Crippen LogP contribution in [0.25, 0.3) is 0 Å². The van der Waals surface area contributed by atoms with Crippen molar-refractivity contribution in [3.8, 4) is 0 Å². The fraction of sp³-hybridized carbons (Fsp3) is 0.545. The van der Waals surface area contributed by atoms with E-state index in [4.69, 9.17) is 0 Å². The summed E-state index contributed by atoms with van der Waals surface area (Å²) in [5.41, 5.74) is 1.14. The maximum atomic E-state index is 4.05. The molecule has 0 spiro atoms. The predicted octanol–water partition coefficient (Wildman–Crippen LogP) is 2.40. The van der Waals surface area contributed by atoms with Crippen LogP contribution in [0.2, 0.25) is 0 Å². The first-order valence-corrected chi connectivity index (χ1v) is 6.22. The molecule has 15 heavy (non-hydrogen) atoms. The summed E-state index contributed by atoms with van der Waals surface area (Å²) in [6.45, 7) is 2.20. The summed E-state index contributed by atoms with van der Waals surface area (Å²) in [7, 11) is 0. The van der Waals surface area contributed by atoms with Crippen molar-refractivity contribution in [3.05, 3.63) is 22.9 Å². The van der Waals surface area contributed by atoms with Gasteiger partial charge in [-0.15, -0.1) is 0 Å². The summed E-state index contributed by atoms with van der Waals surface area (Å²) in [6.07, 6.45) is 7.47.